The van der Waals surface area contributed by atoms with Gasteiger partial charge >= 0.3 is 0 Å². The molecule has 0 atom stereocenters. The molecular formula is C26H27NO. The normalized spacial score (nSPS) is 17.6. The van der Waals surface area contributed by atoms with Gasteiger partial charge in [-0.25, -0.2) is 0 Å². The van der Waals surface area contributed by atoms with Crippen molar-refractivity contribution in [2.24, 2.45) is 0 Å². The molecule has 1 aliphatic rings. The molecule has 0 radical (unpaired) electrons. The van der Waals surface area contributed by atoms with Crippen molar-refractivity contribution < 1.29 is 4.42 Å². The molecule has 0 aliphatic heterocycles. The lowest BCUT2D eigenvalue weighted by Gasteiger charge is -2.42. The first-order valence-electron chi connectivity index (χ1n) is 10.2. The van der Waals surface area contributed by atoms with Gasteiger partial charge in [0.15, 0.2) is 5.58 Å². The molecule has 0 amide bonds. The lowest BCUT2D eigenvalue weighted by atomic mass is 9.63. The van der Waals surface area contributed by atoms with E-state index in [1.807, 2.05) is 12.1 Å². The summed E-state index contributed by atoms with van der Waals surface area (Å²) < 4.78 is 6.18. The van der Waals surface area contributed by atoms with E-state index in [2.05, 4.69) is 81.5 Å². The van der Waals surface area contributed by atoms with Gasteiger partial charge in [0.1, 0.15) is 5.58 Å². The summed E-state index contributed by atoms with van der Waals surface area (Å²) in [5, 5.41) is 5.94. The Morgan fingerprint density at radius 2 is 1.46 bits per heavy atom. The highest BCUT2D eigenvalue weighted by atomic mass is 16.3. The van der Waals surface area contributed by atoms with E-state index in [9.17, 15) is 0 Å². The zero-order valence-corrected chi connectivity index (χ0v) is 17.1. The van der Waals surface area contributed by atoms with E-state index in [4.69, 9.17) is 4.42 Å². The van der Waals surface area contributed by atoms with Crippen molar-refractivity contribution >= 4 is 33.3 Å². The van der Waals surface area contributed by atoms with Gasteiger partial charge < -0.3 is 9.73 Å². The molecule has 5 rings (SSSR count). The molecule has 1 N–H and O–H groups in total. The van der Waals surface area contributed by atoms with Crippen molar-refractivity contribution in [3.63, 3.8) is 0 Å². The van der Waals surface area contributed by atoms with Crippen LogP contribution in [0.5, 0.6) is 0 Å². The van der Waals surface area contributed by atoms with E-state index < -0.39 is 0 Å². The number of fused-ring (bicyclic) bond motifs is 4. The molecule has 1 heterocycles. The summed E-state index contributed by atoms with van der Waals surface area (Å²) in [6.45, 7) is 9.46. The fourth-order valence-electron chi connectivity index (χ4n) is 4.67. The Kier molecular flexibility index (Phi) is 3.64. The van der Waals surface area contributed by atoms with Gasteiger partial charge in [-0.3, -0.25) is 0 Å². The Morgan fingerprint density at radius 3 is 2.29 bits per heavy atom. The van der Waals surface area contributed by atoms with Gasteiger partial charge in [0.25, 0.3) is 0 Å². The van der Waals surface area contributed by atoms with Crippen molar-refractivity contribution in [2.75, 3.05) is 5.32 Å². The van der Waals surface area contributed by atoms with Crippen LogP contribution in [-0.4, -0.2) is 0 Å². The van der Waals surface area contributed by atoms with Crippen LogP contribution in [0, 0.1) is 0 Å². The average molecular weight is 370 g/mol. The predicted octanol–water partition coefficient (Wildman–Crippen LogP) is 7.68. The van der Waals surface area contributed by atoms with E-state index in [-0.39, 0.29) is 10.8 Å². The van der Waals surface area contributed by atoms with Gasteiger partial charge in [0.05, 0.1) is 5.69 Å². The maximum atomic E-state index is 6.18. The van der Waals surface area contributed by atoms with Gasteiger partial charge in [0, 0.05) is 16.5 Å². The smallest absolute Gasteiger partial charge is 0.158 e. The first-order valence-corrected chi connectivity index (χ1v) is 10.2. The maximum Gasteiger partial charge on any atom is 0.158 e. The van der Waals surface area contributed by atoms with E-state index in [0.717, 1.165) is 33.3 Å². The Labute approximate surface area is 166 Å². The molecular weight excluding hydrogens is 342 g/mol. The van der Waals surface area contributed by atoms with Gasteiger partial charge in [-0.1, -0.05) is 64.1 Å². The number of furan rings is 1. The molecule has 0 saturated heterocycles. The van der Waals surface area contributed by atoms with Gasteiger partial charge in [-0.15, -0.1) is 0 Å². The second-order valence-corrected chi connectivity index (χ2v) is 9.43. The third-order valence-corrected chi connectivity index (χ3v) is 6.54. The van der Waals surface area contributed by atoms with Crippen molar-refractivity contribution in [1.29, 1.82) is 0 Å². The Hall–Kier alpha value is -2.74. The van der Waals surface area contributed by atoms with Gasteiger partial charge in [-0.05, 0) is 59.1 Å². The zero-order valence-electron chi connectivity index (χ0n) is 17.1. The Bertz CT molecular complexity index is 1200. The second-order valence-electron chi connectivity index (χ2n) is 9.43. The first-order chi connectivity index (χ1) is 13.4. The highest BCUT2D eigenvalue weighted by molar-refractivity contribution is 6.09. The molecule has 28 heavy (non-hydrogen) atoms. The van der Waals surface area contributed by atoms with Crippen LogP contribution in [0.25, 0.3) is 21.9 Å². The molecule has 0 spiro atoms. The molecule has 0 bridgehead atoms. The second kappa shape index (κ2) is 5.88. The number of benzene rings is 3. The largest absolute Gasteiger partial charge is 0.454 e. The molecule has 4 aromatic rings. The fraction of sp³-hybridized carbons (Fsp3) is 0.308. The van der Waals surface area contributed by atoms with Crippen LogP contribution in [0.1, 0.15) is 51.7 Å². The molecule has 1 aromatic heterocycles. The molecule has 3 aromatic carbocycles. The molecule has 2 heteroatoms. The van der Waals surface area contributed by atoms with Crippen molar-refractivity contribution in [2.45, 2.75) is 51.4 Å². The SMILES string of the molecule is CC1(C)CCC(C)(C)c2cc(Nc3cccc4c3oc3ccccc34)ccc21. The van der Waals surface area contributed by atoms with Crippen molar-refractivity contribution in [1.82, 2.24) is 0 Å². The summed E-state index contributed by atoms with van der Waals surface area (Å²) in [4.78, 5) is 0. The lowest BCUT2D eigenvalue weighted by Crippen LogP contribution is -2.33. The maximum absolute atomic E-state index is 6.18. The Morgan fingerprint density at radius 1 is 0.750 bits per heavy atom. The van der Waals surface area contributed by atoms with E-state index in [1.165, 1.54) is 24.0 Å². The number of anilines is 2. The molecule has 0 unspecified atom stereocenters. The molecule has 2 nitrogen and oxygen atoms in total. The molecule has 0 fully saturated rings. The van der Waals surface area contributed by atoms with Gasteiger partial charge in [-0.2, -0.15) is 0 Å². The summed E-state index contributed by atoms with van der Waals surface area (Å²) in [7, 11) is 0. The number of hydrogen-bond donors (Lipinski definition) is 1. The summed E-state index contributed by atoms with van der Waals surface area (Å²) in [5.74, 6) is 0. The minimum atomic E-state index is 0.202. The predicted molar refractivity (Wildman–Crippen MR) is 119 cm³/mol. The van der Waals surface area contributed by atoms with Crippen LogP contribution in [-0.2, 0) is 10.8 Å². The first kappa shape index (κ1) is 17.4. The van der Waals surface area contributed by atoms with Crippen LogP contribution >= 0.6 is 0 Å². The monoisotopic (exact) mass is 369 g/mol. The topological polar surface area (TPSA) is 25.2 Å². The average Bonchev–Trinajstić information content (AvgIpc) is 3.06. The van der Waals surface area contributed by atoms with Crippen LogP contribution in [0.15, 0.2) is 65.1 Å². The fourth-order valence-corrected chi connectivity index (χ4v) is 4.67. The quantitative estimate of drug-likeness (QED) is 0.392. The highest BCUT2D eigenvalue weighted by Crippen LogP contribution is 2.46. The third-order valence-electron chi connectivity index (χ3n) is 6.54. The standard InChI is InChI=1S/C26H27NO/c1-25(2)14-15-26(3,4)21-16-17(12-13-20(21)25)27-22-10-7-9-19-18-8-5-6-11-23(18)28-24(19)22/h5-13,16,27H,14-15H2,1-4H3. The van der Waals surface area contributed by atoms with E-state index in [1.54, 1.807) is 0 Å². The van der Waals surface area contributed by atoms with Crippen LogP contribution in [0.3, 0.4) is 0 Å². The lowest BCUT2D eigenvalue weighted by molar-refractivity contribution is 0.332. The molecule has 0 saturated carbocycles. The summed E-state index contributed by atoms with van der Waals surface area (Å²) in [6.07, 6.45) is 2.45. The van der Waals surface area contributed by atoms with Crippen molar-refractivity contribution in [3.05, 3.63) is 71.8 Å². The van der Waals surface area contributed by atoms with Crippen molar-refractivity contribution in [3.8, 4) is 0 Å². The number of para-hydroxylation sites is 2. The third kappa shape index (κ3) is 2.63. The van der Waals surface area contributed by atoms with E-state index >= 15 is 0 Å². The summed E-state index contributed by atoms with van der Waals surface area (Å²) in [5.41, 5.74) is 7.37. The van der Waals surface area contributed by atoms with Crippen LogP contribution < -0.4 is 5.32 Å². The highest BCUT2D eigenvalue weighted by Gasteiger charge is 2.36. The van der Waals surface area contributed by atoms with Gasteiger partial charge in [0.2, 0.25) is 0 Å². The summed E-state index contributed by atoms with van der Waals surface area (Å²) >= 11 is 0. The zero-order chi connectivity index (χ0) is 19.5. The number of nitrogens with one attached hydrogen (secondary N) is 1. The minimum Gasteiger partial charge on any atom is -0.454 e. The molecule has 142 valence electrons. The summed E-state index contributed by atoms with van der Waals surface area (Å²) in [6, 6.07) is 21.4. The number of hydrogen-bond acceptors (Lipinski definition) is 2. The Balaban J connectivity index is 1.61. The van der Waals surface area contributed by atoms with Crippen LogP contribution in [0.4, 0.5) is 11.4 Å². The molecule has 1 aliphatic carbocycles. The van der Waals surface area contributed by atoms with E-state index in [0.29, 0.717) is 0 Å². The van der Waals surface area contributed by atoms with Crippen LogP contribution in [0.2, 0.25) is 0 Å². The number of rotatable bonds is 2. The minimum absolute atomic E-state index is 0.202.